The van der Waals surface area contributed by atoms with Gasteiger partial charge in [-0.1, -0.05) is 20.3 Å². The molecule has 0 unspecified atom stereocenters. The molecule has 108 valence electrons. The maximum atomic E-state index is 10.2. The Kier molecular flexibility index (Phi) is 11.4. The van der Waals surface area contributed by atoms with Crippen LogP contribution in [-0.2, 0) is 4.79 Å². The van der Waals surface area contributed by atoms with Gasteiger partial charge in [-0.3, -0.25) is 0 Å². The largest absolute Gasteiger partial charge is 0.306 e. The molecule has 0 N–H and O–H groups in total. The Hall–Kier alpha value is -0.410. The second-order valence-electron chi connectivity index (χ2n) is 5.14. The van der Waals surface area contributed by atoms with Gasteiger partial charge in [0, 0.05) is 5.92 Å². The maximum Gasteiger partial charge on any atom is 0.123 e. The van der Waals surface area contributed by atoms with Gasteiger partial charge >= 0.3 is 0 Å². The fourth-order valence-corrected chi connectivity index (χ4v) is 2.22. The highest BCUT2D eigenvalue weighted by atomic mass is 16.1. The molecule has 2 aliphatic rings. The van der Waals surface area contributed by atoms with Crippen LogP contribution in [0.5, 0.6) is 0 Å². The second kappa shape index (κ2) is 11.7. The summed E-state index contributed by atoms with van der Waals surface area (Å²) in [6.45, 7) is 8.81. The zero-order valence-corrected chi connectivity index (χ0v) is 12.8. The molecule has 0 radical (unpaired) electrons. The first-order valence-electron chi connectivity index (χ1n) is 7.54. The van der Waals surface area contributed by atoms with Gasteiger partial charge in [-0.15, -0.1) is 0 Å². The van der Waals surface area contributed by atoms with Crippen LogP contribution in [0, 0.1) is 5.92 Å². The van der Waals surface area contributed by atoms with Crippen LogP contribution in [0.3, 0.4) is 0 Å². The number of hydrogen-bond donors (Lipinski definition) is 0. The van der Waals surface area contributed by atoms with E-state index in [1.807, 2.05) is 13.8 Å². The highest BCUT2D eigenvalue weighted by Gasteiger charge is 2.14. The summed E-state index contributed by atoms with van der Waals surface area (Å²) in [6, 6.07) is 0. The summed E-state index contributed by atoms with van der Waals surface area (Å²) in [6.07, 6.45) is 7.48. The van der Waals surface area contributed by atoms with Gasteiger partial charge in [0.1, 0.15) is 6.29 Å². The standard InChI is InChI=1S/C7H13NO.C6H13N.C2H6/c1-8-4-2-7(6-9)3-5-8;1-7-5-3-2-4-6-7;1-2/h6-7H,2-5H2,1H3;2-6H2,1H3;1-2H3. The Labute approximate surface area is 114 Å². The third-order valence-electron chi connectivity index (χ3n) is 3.54. The van der Waals surface area contributed by atoms with Crippen LogP contribution >= 0.6 is 0 Å². The molecule has 0 amide bonds. The zero-order valence-electron chi connectivity index (χ0n) is 12.8. The molecule has 3 heteroatoms. The topological polar surface area (TPSA) is 23.6 Å². The molecule has 0 spiro atoms. The van der Waals surface area contributed by atoms with Crippen molar-refractivity contribution in [1.29, 1.82) is 0 Å². The van der Waals surface area contributed by atoms with Gasteiger partial charge in [-0.2, -0.15) is 0 Å². The normalized spacial score (nSPS) is 22.2. The van der Waals surface area contributed by atoms with Crippen molar-refractivity contribution in [2.45, 2.75) is 46.0 Å². The number of rotatable bonds is 1. The van der Waals surface area contributed by atoms with E-state index in [-0.39, 0.29) is 0 Å². The lowest BCUT2D eigenvalue weighted by Crippen LogP contribution is -2.30. The summed E-state index contributed by atoms with van der Waals surface area (Å²) in [5.41, 5.74) is 0. The van der Waals surface area contributed by atoms with Crippen LogP contribution in [0.15, 0.2) is 0 Å². The van der Waals surface area contributed by atoms with Crippen molar-refractivity contribution in [3.63, 3.8) is 0 Å². The van der Waals surface area contributed by atoms with E-state index in [1.165, 1.54) is 32.4 Å². The Morgan fingerprint density at radius 3 is 1.61 bits per heavy atom. The van der Waals surface area contributed by atoms with E-state index in [4.69, 9.17) is 0 Å². The molecule has 3 nitrogen and oxygen atoms in total. The van der Waals surface area contributed by atoms with Crippen molar-refractivity contribution >= 4 is 6.29 Å². The average molecular weight is 256 g/mol. The molecule has 2 saturated heterocycles. The molecule has 0 aromatic carbocycles. The first-order chi connectivity index (χ1) is 8.72. The third-order valence-corrected chi connectivity index (χ3v) is 3.54. The number of piperidine rings is 2. The Balaban J connectivity index is 0.000000289. The first kappa shape index (κ1) is 17.6. The summed E-state index contributed by atoms with van der Waals surface area (Å²) >= 11 is 0. The molecule has 0 aromatic heterocycles. The monoisotopic (exact) mass is 256 g/mol. The summed E-state index contributed by atoms with van der Waals surface area (Å²) in [4.78, 5) is 14.9. The molecule has 0 bridgehead atoms. The number of carbonyl (C=O) groups excluding carboxylic acids is 1. The lowest BCUT2D eigenvalue weighted by Gasteiger charge is -2.25. The number of hydrogen-bond acceptors (Lipinski definition) is 3. The summed E-state index contributed by atoms with van der Waals surface area (Å²) in [7, 11) is 4.29. The summed E-state index contributed by atoms with van der Waals surface area (Å²) in [5.74, 6) is 0.348. The van der Waals surface area contributed by atoms with Crippen molar-refractivity contribution in [1.82, 2.24) is 9.80 Å². The van der Waals surface area contributed by atoms with E-state index < -0.39 is 0 Å². The Morgan fingerprint density at radius 2 is 1.28 bits per heavy atom. The van der Waals surface area contributed by atoms with Crippen LogP contribution < -0.4 is 0 Å². The lowest BCUT2D eigenvalue weighted by atomic mass is 9.99. The van der Waals surface area contributed by atoms with Crippen molar-refractivity contribution < 1.29 is 4.79 Å². The molecule has 2 aliphatic heterocycles. The van der Waals surface area contributed by atoms with E-state index in [9.17, 15) is 4.79 Å². The van der Waals surface area contributed by atoms with E-state index in [0.29, 0.717) is 5.92 Å². The number of likely N-dealkylation sites (tertiary alicyclic amines) is 2. The van der Waals surface area contributed by atoms with Gasteiger partial charge < -0.3 is 14.6 Å². The SMILES string of the molecule is CC.CN1CCC(C=O)CC1.CN1CCCCC1. The van der Waals surface area contributed by atoms with Crippen molar-refractivity contribution in [2.75, 3.05) is 40.3 Å². The molecule has 2 fully saturated rings. The van der Waals surface area contributed by atoms with E-state index >= 15 is 0 Å². The molecule has 2 heterocycles. The van der Waals surface area contributed by atoms with Crippen LogP contribution in [0.4, 0.5) is 0 Å². The lowest BCUT2D eigenvalue weighted by molar-refractivity contribution is -0.112. The molecular weight excluding hydrogens is 224 g/mol. The fourth-order valence-electron chi connectivity index (χ4n) is 2.22. The average Bonchev–Trinajstić information content (AvgIpc) is 2.43. The van der Waals surface area contributed by atoms with E-state index in [0.717, 1.165) is 32.2 Å². The van der Waals surface area contributed by atoms with Gasteiger partial charge in [-0.05, 0) is 66.0 Å². The smallest absolute Gasteiger partial charge is 0.123 e. The number of carbonyl (C=O) groups is 1. The van der Waals surface area contributed by atoms with E-state index in [2.05, 4.69) is 23.9 Å². The minimum atomic E-state index is 0.348. The Bertz CT molecular complexity index is 183. The predicted octanol–water partition coefficient (Wildman–Crippen LogP) is 2.66. The third kappa shape index (κ3) is 8.65. The van der Waals surface area contributed by atoms with Crippen molar-refractivity contribution in [3.8, 4) is 0 Å². The quantitative estimate of drug-likeness (QED) is 0.674. The van der Waals surface area contributed by atoms with Crippen LogP contribution in [0.25, 0.3) is 0 Å². The van der Waals surface area contributed by atoms with Gasteiger partial charge in [0.15, 0.2) is 0 Å². The highest BCUT2D eigenvalue weighted by Crippen LogP contribution is 2.12. The molecule has 2 rings (SSSR count). The number of nitrogens with zero attached hydrogens (tertiary/aromatic N) is 2. The molecule has 0 aromatic rings. The summed E-state index contributed by atoms with van der Waals surface area (Å²) < 4.78 is 0. The van der Waals surface area contributed by atoms with Crippen molar-refractivity contribution in [3.05, 3.63) is 0 Å². The predicted molar refractivity (Wildman–Crippen MR) is 79.0 cm³/mol. The summed E-state index contributed by atoms with van der Waals surface area (Å²) in [5, 5.41) is 0. The second-order valence-corrected chi connectivity index (χ2v) is 5.14. The van der Waals surface area contributed by atoms with Crippen LogP contribution in [-0.4, -0.2) is 56.4 Å². The highest BCUT2D eigenvalue weighted by molar-refractivity contribution is 5.53. The zero-order chi connectivity index (χ0) is 13.8. The van der Waals surface area contributed by atoms with Gasteiger partial charge in [0.2, 0.25) is 0 Å². The minimum absolute atomic E-state index is 0.348. The van der Waals surface area contributed by atoms with E-state index in [1.54, 1.807) is 0 Å². The molecule has 18 heavy (non-hydrogen) atoms. The Morgan fingerprint density at radius 1 is 0.833 bits per heavy atom. The maximum absolute atomic E-state index is 10.2. The molecular formula is C15H32N2O. The van der Waals surface area contributed by atoms with Gasteiger partial charge in [0.25, 0.3) is 0 Å². The minimum Gasteiger partial charge on any atom is -0.306 e. The molecule has 0 saturated carbocycles. The molecule has 0 atom stereocenters. The molecule has 0 aliphatic carbocycles. The first-order valence-corrected chi connectivity index (χ1v) is 7.54. The van der Waals surface area contributed by atoms with Crippen LogP contribution in [0.2, 0.25) is 0 Å². The number of aldehydes is 1. The fraction of sp³-hybridized carbons (Fsp3) is 0.933. The van der Waals surface area contributed by atoms with Crippen LogP contribution in [0.1, 0.15) is 46.0 Å². The van der Waals surface area contributed by atoms with Crippen molar-refractivity contribution in [2.24, 2.45) is 5.92 Å². The van der Waals surface area contributed by atoms with Gasteiger partial charge in [0.05, 0.1) is 0 Å². The van der Waals surface area contributed by atoms with Gasteiger partial charge in [-0.25, -0.2) is 0 Å².